The summed E-state index contributed by atoms with van der Waals surface area (Å²) in [6.07, 6.45) is 2.54. The topological polar surface area (TPSA) is 66.7 Å². The molecular formula is C14H16BrN3O3. The summed E-state index contributed by atoms with van der Waals surface area (Å²) in [6.45, 7) is 3.15. The molecule has 6 nitrogen and oxygen atoms in total. The molecule has 1 saturated carbocycles. The molecule has 2 aliphatic rings. The quantitative estimate of drug-likeness (QED) is 0.617. The zero-order chi connectivity index (χ0) is 15.0. The molecule has 1 saturated heterocycles. The van der Waals surface area contributed by atoms with Crippen LogP contribution >= 0.6 is 15.9 Å². The zero-order valence-corrected chi connectivity index (χ0v) is 13.1. The number of hydrogen-bond donors (Lipinski definition) is 0. The Hall–Kier alpha value is -1.47. The molecular weight excluding hydrogens is 338 g/mol. The van der Waals surface area contributed by atoms with Crippen molar-refractivity contribution >= 4 is 27.5 Å². The molecule has 0 spiro atoms. The summed E-state index contributed by atoms with van der Waals surface area (Å²) in [6, 6.07) is 5.29. The average molecular weight is 354 g/mol. The summed E-state index contributed by atoms with van der Waals surface area (Å²) in [5.41, 5.74) is 0.293. The van der Waals surface area contributed by atoms with Crippen LogP contribution in [0.5, 0.6) is 0 Å². The third kappa shape index (κ3) is 2.94. The maximum atomic E-state index is 12.5. The van der Waals surface area contributed by atoms with Gasteiger partial charge in [0.05, 0.1) is 10.5 Å². The normalized spacial score (nSPS) is 19.6. The summed E-state index contributed by atoms with van der Waals surface area (Å²) in [5.74, 6) is -0.138. The summed E-state index contributed by atoms with van der Waals surface area (Å²) >= 11 is 3.19. The Morgan fingerprint density at radius 2 is 1.90 bits per heavy atom. The number of halogens is 1. The summed E-state index contributed by atoms with van der Waals surface area (Å²) in [4.78, 5) is 27.2. The largest absolute Gasteiger partial charge is 0.336 e. The van der Waals surface area contributed by atoms with Crippen molar-refractivity contribution in [1.29, 1.82) is 0 Å². The van der Waals surface area contributed by atoms with Crippen LogP contribution in [0.4, 0.5) is 5.69 Å². The molecule has 1 aromatic rings. The molecule has 21 heavy (non-hydrogen) atoms. The molecule has 1 heterocycles. The van der Waals surface area contributed by atoms with E-state index in [1.165, 1.54) is 18.9 Å². The van der Waals surface area contributed by atoms with Crippen molar-refractivity contribution in [1.82, 2.24) is 9.80 Å². The lowest BCUT2D eigenvalue weighted by Crippen LogP contribution is -2.49. The highest BCUT2D eigenvalue weighted by molar-refractivity contribution is 9.10. The second-order valence-corrected chi connectivity index (χ2v) is 6.25. The molecule has 0 radical (unpaired) electrons. The Kier molecular flexibility index (Phi) is 3.95. The molecule has 0 atom stereocenters. The number of hydrogen-bond acceptors (Lipinski definition) is 4. The van der Waals surface area contributed by atoms with Crippen LogP contribution in [0.3, 0.4) is 0 Å². The second-order valence-electron chi connectivity index (χ2n) is 5.46. The van der Waals surface area contributed by atoms with E-state index in [0.29, 0.717) is 24.7 Å². The Morgan fingerprint density at radius 3 is 2.48 bits per heavy atom. The smallest absolute Gasteiger partial charge is 0.284 e. The second kappa shape index (κ2) is 5.73. The summed E-state index contributed by atoms with van der Waals surface area (Å²) in [5, 5.41) is 10.9. The summed E-state index contributed by atoms with van der Waals surface area (Å²) < 4.78 is 0.268. The van der Waals surface area contributed by atoms with Gasteiger partial charge in [0.1, 0.15) is 4.47 Å². The van der Waals surface area contributed by atoms with E-state index in [2.05, 4.69) is 20.8 Å². The van der Waals surface area contributed by atoms with Gasteiger partial charge in [0.25, 0.3) is 11.6 Å². The molecule has 0 N–H and O–H groups in total. The van der Waals surface area contributed by atoms with Crippen molar-refractivity contribution in [3.63, 3.8) is 0 Å². The number of carbonyl (C=O) groups excluding carboxylic acids is 1. The number of piperazine rings is 1. The minimum atomic E-state index is -0.480. The van der Waals surface area contributed by atoms with Crippen molar-refractivity contribution in [3.05, 3.63) is 38.3 Å². The zero-order valence-electron chi connectivity index (χ0n) is 11.5. The first kappa shape index (κ1) is 14.5. The lowest BCUT2D eigenvalue weighted by Gasteiger charge is -2.35. The van der Waals surface area contributed by atoms with Crippen LogP contribution in [0, 0.1) is 10.1 Å². The predicted molar refractivity (Wildman–Crippen MR) is 81.3 cm³/mol. The van der Waals surface area contributed by atoms with Gasteiger partial charge in [-0.05, 0) is 34.8 Å². The number of nitro groups is 1. The predicted octanol–water partition coefficient (Wildman–Crippen LogP) is 2.28. The van der Waals surface area contributed by atoms with Gasteiger partial charge in [0.15, 0.2) is 0 Å². The third-order valence-electron chi connectivity index (χ3n) is 4.07. The van der Waals surface area contributed by atoms with Crippen LogP contribution in [0.15, 0.2) is 22.7 Å². The molecule has 1 amide bonds. The first-order chi connectivity index (χ1) is 10.1. The number of amides is 1. The van der Waals surface area contributed by atoms with Gasteiger partial charge in [0, 0.05) is 38.3 Å². The highest BCUT2D eigenvalue weighted by atomic mass is 79.9. The van der Waals surface area contributed by atoms with Gasteiger partial charge < -0.3 is 4.90 Å². The standard InChI is InChI=1S/C14H16BrN3O3/c15-13-11(2-1-3-12(13)18(20)21)14(19)17-8-6-16(7-9-17)10-4-5-10/h1-3,10H,4-9H2. The van der Waals surface area contributed by atoms with Crippen molar-refractivity contribution in [2.45, 2.75) is 18.9 Å². The highest BCUT2D eigenvalue weighted by Crippen LogP contribution is 2.30. The number of nitro benzene ring substituents is 1. The van der Waals surface area contributed by atoms with E-state index in [1.807, 2.05) is 0 Å². The third-order valence-corrected chi connectivity index (χ3v) is 4.90. The maximum Gasteiger partial charge on any atom is 0.284 e. The van der Waals surface area contributed by atoms with E-state index in [4.69, 9.17) is 0 Å². The van der Waals surface area contributed by atoms with Crippen molar-refractivity contribution in [2.75, 3.05) is 26.2 Å². The van der Waals surface area contributed by atoms with Gasteiger partial charge >= 0.3 is 0 Å². The maximum absolute atomic E-state index is 12.5. The van der Waals surface area contributed by atoms with Crippen LogP contribution in [-0.2, 0) is 0 Å². The number of carbonyl (C=O) groups is 1. The van der Waals surface area contributed by atoms with Gasteiger partial charge in [-0.3, -0.25) is 19.8 Å². The van der Waals surface area contributed by atoms with Crippen LogP contribution in [0.25, 0.3) is 0 Å². The molecule has 0 unspecified atom stereocenters. The van der Waals surface area contributed by atoms with Crippen LogP contribution in [-0.4, -0.2) is 52.9 Å². The van der Waals surface area contributed by atoms with Crippen molar-refractivity contribution in [2.24, 2.45) is 0 Å². The first-order valence-electron chi connectivity index (χ1n) is 7.04. The van der Waals surface area contributed by atoms with E-state index < -0.39 is 4.92 Å². The fraction of sp³-hybridized carbons (Fsp3) is 0.500. The average Bonchev–Trinajstić information content (AvgIpc) is 3.31. The molecule has 1 aliphatic heterocycles. The molecule has 7 heteroatoms. The Bertz CT molecular complexity index is 581. The molecule has 0 bridgehead atoms. The number of nitrogens with zero attached hydrogens (tertiary/aromatic N) is 3. The van der Waals surface area contributed by atoms with Gasteiger partial charge in [-0.2, -0.15) is 0 Å². The lowest BCUT2D eigenvalue weighted by atomic mass is 10.1. The first-order valence-corrected chi connectivity index (χ1v) is 7.83. The van der Waals surface area contributed by atoms with Gasteiger partial charge in [-0.15, -0.1) is 0 Å². The van der Waals surface area contributed by atoms with E-state index in [1.54, 1.807) is 17.0 Å². The van der Waals surface area contributed by atoms with E-state index in [9.17, 15) is 14.9 Å². The highest BCUT2D eigenvalue weighted by Gasteiger charge is 2.33. The van der Waals surface area contributed by atoms with Crippen LogP contribution < -0.4 is 0 Å². The Balaban J connectivity index is 1.73. The van der Waals surface area contributed by atoms with E-state index in [-0.39, 0.29) is 16.1 Å². The van der Waals surface area contributed by atoms with Gasteiger partial charge in [0.2, 0.25) is 0 Å². The summed E-state index contributed by atoms with van der Waals surface area (Å²) in [7, 11) is 0. The van der Waals surface area contributed by atoms with Crippen LogP contribution in [0.1, 0.15) is 23.2 Å². The molecule has 3 rings (SSSR count). The fourth-order valence-electron chi connectivity index (χ4n) is 2.73. The van der Waals surface area contributed by atoms with E-state index >= 15 is 0 Å². The Labute approximate surface area is 131 Å². The molecule has 112 valence electrons. The van der Waals surface area contributed by atoms with Crippen molar-refractivity contribution in [3.8, 4) is 0 Å². The van der Waals surface area contributed by atoms with Crippen LogP contribution in [0.2, 0.25) is 0 Å². The number of rotatable bonds is 3. The molecule has 0 aromatic heterocycles. The Morgan fingerprint density at radius 1 is 1.24 bits per heavy atom. The van der Waals surface area contributed by atoms with E-state index in [0.717, 1.165) is 13.1 Å². The molecule has 2 fully saturated rings. The van der Waals surface area contributed by atoms with Crippen molar-refractivity contribution < 1.29 is 9.72 Å². The van der Waals surface area contributed by atoms with Gasteiger partial charge in [-0.1, -0.05) is 6.07 Å². The minimum absolute atomic E-state index is 0.0718. The lowest BCUT2D eigenvalue weighted by molar-refractivity contribution is -0.385. The SMILES string of the molecule is O=C(c1cccc([N+](=O)[O-])c1Br)N1CCN(C2CC2)CC1. The molecule has 1 aliphatic carbocycles. The minimum Gasteiger partial charge on any atom is -0.336 e. The monoisotopic (exact) mass is 353 g/mol. The van der Waals surface area contributed by atoms with Gasteiger partial charge in [-0.25, -0.2) is 0 Å². The molecule has 1 aromatic carbocycles. The number of benzene rings is 1. The fourth-order valence-corrected chi connectivity index (χ4v) is 3.30.